The number of anilines is 1. The normalized spacial score (nSPS) is 19.5. The summed E-state index contributed by atoms with van der Waals surface area (Å²) in [7, 11) is 7.62. The van der Waals surface area contributed by atoms with Crippen LogP contribution in [0.1, 0.15) is 37.4 Å². The average Bonchev–Trinajstić information content (AvgIpc) is 3.48. The molecule has 7 nitrogen and oxygen atoms in total. The fraction of sp³-hybridized carbons (Fsp3) is 0.391. The van der Waals surface area contributed by atoms with Gasteiger partial charge in [-0.3, -0.25) is 14.6 Å². The third-order valence-corrected chi connectivity index (χ3v) is 5.88. The predicted molar refractivity (Wildman–Crippen MR) is 121 cm³/mol. The number of carbonyl (C=O) groups excluding carboxylic acids is 1. The van der Waals surface area contributed by atoms with Crippen LogP contribution >= 0.6 is 0 Å². The molecule has 1 amide bonds. The van der Waals surface area contributed by atoms with Gasteiger partial charge in [-0.25, -0.2) is 9.37 Å². The highest BCUT2D eigenvalue weighted by Crippen LogP contribution is 2.35. The number of amides is 1. The first kappa shape index (κ1) is 22.1. The van der Waals surface area contributed by atoms with Crippen LogP contribution in [0.4, 0.5) is 10.2 Å². The first-order valence-electron chi connectivity index (χ1n) is 10.6. The molecule has 3 aromatic rings. The zero-order chi connectivity index (χ0) is 23.2. The molecule has 3 atom stereocenters. The maximum atomic E-state index is 13.1. The van der Waals surface area contributed by atoms with Crippen molar-refractivity contribution < 1.29 is 14.3 Å². The topological polar surface area (TPSA) is 97.1 Å². The molecule has 1 saturated carbocycles. The summed E-state index contributed by atoms with van der Waals surface area (Å²) in [5, 5.41) is 13.7. The molecule has 0 bridgehead atoms. The number of nitrogens with one attached hydrogen (secondary N) is 1. The maximum absolute atomic E-state index is 13.1. The number of aryl methyl sites for hydroxylation is 2. The fourth-order valence-corrected chi connectivity index (χ4v) is 3.86. The molecule has 3 heterocycles. The molecular weight excluding hydrogens is 410 g/mol. The van der Waals surface area contributed by atoms with E-state index in [4.69, 9.17) is 7.85 Å². The highest BCUT2D eigenvalue weighted by Gasteiger charge is 2.43. The zero-order valence-electron chi connectivity index (χ0n) is 18.2. The van der Waals surface area contributed by atoms with Crippen molar-refractivity contribution in [1.29, 1.82) is 0 Å². The first-order valence-corrected chi connectivity index (χ1v) is 10.6. The molecule has 2 N–H and O–H groups in total. The number of nitrogens with zero attached hydrogens (tertiary/aromatic N) is 3. The van der Waals surface area contributed by atoms with Crippen molar-refractivity contribution in [3.63, 3.8) is 0 Å². The van der Waals surface area contributed by atoms with Crippen molar-refractivity contribution in [1.82, 2.24) is 14.5 Å². The fourth-order valence-electron chi connectivity index (χ4n) is 3.86. The van der Waals surface area contributed by atoms with E-state index in [2.05, 4.69) is 15.3 Å². The number of fused-ring (bicyclic) bond motifs is 1. The summed E-state index contributed by atoms with van der Waals surface area (Å²) >= 11 is 0. The minimum Gasteiger partial charge on any atom is -0.394 e. The largest absolute Gasteiger partial charge is 0.394 e. The Labute approximate surface area is 186 Å². The van der Waals surface area contributed by atoms with E-state index in [0.29, 0.717) is 40.6 Å². The number of hydrogen-bond donors (Lipinski definition) is 2. The van der Waals surface area contributed by atoms with Crippen LogP contribution in [0, 0.1) is 12.8 Å². The van der Waals surface area contributed by atoms with Crippen LogP contribution in [0.15, 0.2) is 35.4 Å². The molecule has 164 valence electrons. The molecular formula is C23H24BFN4O3. The highest BCUT2D eigenvalue weighted by molar-refractivity contribution is 6.14. The minimum absolute atomic E-state index is 0.230. The lowest BCUT2D eigenvalue weighted by Gasteiger charge is -2.23. The zero-order valence-corrected chi connectivity index (χ0v) is 18.2. The van der Waals surface area contributed by atoms with Crippen LogP contribution < -0.4 is 10.9 Å². The van der Waals surface area contributed by atoms with E-state index < -0.39 is 23.5 Å². The molecule has 4 rings (SSSR count). The van der Waals surface area contributed by atoms with Gasteiger partial charge in [0.25, 0.3) is 5.56 Å². The van der Waals surface area contributed by atoms with Gasteiger partial charge >= 0.3 is 0 Å². The van der Waals surface area contributed by atoms with Crippen LogP contribution in [0.2, 0.25) is 0 Å². The number of hydrogen-bond acceptors (Lipinski definition) is 5. The molecule has 0 aromatic carbocycles. The SMILES string of the molecule is [B]C(O)(CCC)c1cc(C)c(-c2cc3cnc(NC(=O)C4CC4F)cc3n(C)c2=O)cn1. The number of pyridine rings is 3. The van der Waals surface area contributed by atoms with E-state index in [9.17, 15) is 19.1 Å². The van der Waals surface area contributed by atoms with Crippen molar-refractivity contribution in [2.75, 3.05) is 5.32 Å². The highest BCUT2D eigenvalue weighted by atomic mass is 19.1. The Bertz CT molecular complexity index is 1270. The molecule has 32 heavy (non-hydrogen) atoms. The number of alkyl halides is 1. The van der Waals surface area contributed by atoms with E-state index in [0.717, 1.165) is 5.56 Å². The first-order chi connectivity index (χ1) is 15.1. The van der Waals surface area contributed by atoms with Gasteiger partial charge in [0.15, 0.2) is 0 Å². The van der Waals surface area contributed by atoms with Crippen molar-refractivity contribution in [2.45, 2.75) is 44.8 Å². The van der Waals surface area contributed by atoms with E-state index in [1.807, 2.05) is 13.8 Å². The van der Waals surface area contributed by atoms with Gasteiger partial charge < -0.3 is 15.0 Å². The van der Waals surface area contributed by atoms with E-state index in [1.54, 1.807) is 37.6 Å². The Morgan fingerprint density at radius 2 is 2.03 bits per heavy atom. The van der Waals surface area contributed by atoms with Gasteiger partial charge in [0.05, 0.1) is 22.6 Å². The van der Waals surface area contributed by atoms with Crippen LogP contribution in [0.3, 0.4) is 0 Å². The van der Waals surface area contributed by atoms with Crippen LogP contribution in [-0.4, -0.2) is 39.6 Å². The Morgan fingerprint density at radius 3 is 2.66 bits per heavy atom. The average molecular weight is 434 g/mol. The Balaban J connectivity index is 1.71. The summed E-state index contributed by atoms with van der Waals surface area (Å²) in [5.41, 5.74) is 0.979. The molecule has 0 saturated heterocycles. The summed E-state index contributed by atoms with van der Waals surface area (Å²) in [6.07, 6.45) is 3.31. The van der Waals surface area contributed by atoms with E-state index >= 15 is 0 Å². The Morgan fingerprint density at radius 1 is 1.31 bits per heavy atom. The van der Waals surface area contributed by atoms with Crippen LogP contribution in [0.5, 0.6) is 0 Å². The number of aromatic nitrogens is 3. The lowest BCUT2D eigenvalue weighted by molar-refractivity contribution is -0.117. The number of halogens is 1. The molecule has 1 aliphatic rings. The molecule has 0 spiro atoms. The molecule has 1 fully saturated rings. The summed E-state index contributed by atoms with van der Waals surface area (Å²) in [6, 6.07) is 5.02. The van der Waals surface area contributed by atoms with Crippen LogP contribution in [-0.2, 0) is 17.3 Å². The van der Waals surface area contributed by atoms with E-state index in [1.165, 1.54) is 4.57 Å². The lowest BCUT2D eigenvalue weighted by atomic mass is 9.74. The molecule has 2 radical (unpaired) electrons. The second-order valence-electron chi connectivity index (χ2n) is 8.46. The standard InChI is InChI=1S/C23H24BFN4O3/c1-4-5-23(24,32)19-6-12(2)16(11-26-19)14-7-13-10-27-20(9-18(13)29(3)22(14)31)28-21(30)15-8-17(15)25/h6-7,9-11,15,17,32H,4-5,8H2,1-3H3,(H,27,28,30). The monoisotopic (exact) mass is 434 g/mol. The summed E-state index contributed by atoms with van der Waals surface area (Å²) < 4.78 is 14.6. The number of carbonyl (C=O) groups is 1. The summed E-state index contributed by atoms with van der Waals surface area (Å²) in [5.74, 6) is -0.763. The molecule has 9 heteroatoms. The minimum atomic E-state index is -1.53. The van der Waals surface area contributed by atoms with Crippen LogP contribution in [0.25, 0.3) is 22.0 Å². The lowest BCUT2D eigenvalue weighted by Crippen LogP contribution is -2.27. The van der Waals surface area contributed by atoms with Crippen molar-refractivity contribution in [3.8, 4) is 11.1 Å². The summed E-state index contributed by atoms with van der Waals surface area (Å²) in [4.78, 5) is 33.7. The molecule has 3 unspecified atom stereocenters. The van der Waals surface area contributed by atoms with Gasteiger partial charge in [-0.15, -0.1) is 0 Å². The predicted octanol–water partition coefficient (Wildman–Crippen LogP) is 2.71. The van der Waals surface area contributed by atoms with Crippen molar-refractivity contribution >= 4 is 30.5 Å². The number of aliphatic hydroxyl groups is 1. The third-order valence-electron chi connectivity index (χ3n) is 5.88. The van der Waals surface area contributed by atoms with Gasteiger partial charge in [-0.2, -0.15) is 0 Å². The maximum Gasteiger partial charge on any atom is 0.258 e. The van der Waals surface area contributed by atoms with Gasteiger partial charge in [0, 0.05) is 42.0 Å². The van der Waals surface area contributed by atoms with Crippen molar-refractivity contribution in [2.24, 2.45) is 13.0 Å². The summed E-state index contributed by atoms with van der Waals surface area (Å²) in [6.45, 7) is 3.76. The molecule has 1 aliphatic carbocycles. The smallest absolute Gasteiger partial charge is 0.258 e. The quantitative estimate of drug-likeness (QED) is 0.582. The Hall–Kier alpha value is -3.07. The van der Waals surface area contributed by atoms with Crippen molar-refractivity contribution in [3.05, 3.63) is 52.2 Å². The number of rotatable bonds is 6. The van der Waals surface area contributed by atoms with Gasteiger partial charge in [-0.1, -0.05) is 13.3 Å². The third kappa shape index (κ3) is 4.04. The van der Waals surface area contributed by atoms with Gasteiger partial charge in [0.2, 0.25) is 5.91 Å². The van der Waals surface area contributed by atoms with Gasteiger partial charge in [-0.05, 0) is 37.5 Å². The van der Waals surface area contributed by atoms with Gasteiger partial charge in [0.1, 0.15) is 19.8 Å². The molecule has 3 aromatic heterocycles. The molecule has 0 aliphatic heterocycles. The van der Waals surface area contributed by atoms with E-state index in [-0.39, 0.29) is 17.8 Å². The second kappa shape index (κ2) is 8.13. The Kier molecular flexibility index (Phi) is 5.62. The second-order valence-corrected chi connectivity index (χ2v) is 8.46.